The minimum atomic E-state index is -0.364. The Bertz CT molecular complexity index is 428. The summed E-state index contributed by atoms with van der Waals surface area (Å²) in [7, 11) is 0. The molecule has 20 heavy (non-hydrogen) atoms. The fraction of sp³-hybridized carbons (Fsp3) is 0.562. The maximum atomic E-state index is 13.9. The summed E-state index contributed by atoms with van der Waals surface area (Å²) in [6.07, 6.45) is 2.69. The third kappa shape index (κ3) is 4.22. The Hall–Kier alpha value is -1.58. The summed E-state index contributed by atoms with van der Waals surface area (Å²) in [6, 6.07) is 4.68. The van der Waals surface area contributed by atoms with Gasteiger partial charge >= 0.3 is 0 Å². The molecule has 0 spiro atoms. The van der Waals surface area contributed by atoms with E-state index < -0.39 is 0 Å². The van der Waals surface area contributed by atoms with Gasteiger partial charge in [-0.3, -0.25) is 4.79 Å². The third-order valence-corrected chi connectivity index (χ3v) is 3.07. The summed E-state index contributed by atoms with van der Waals surface area (Å²) in [5.41, 5.74) is 0.761. The van der Waals surface area contributed by atoms with Gasteiger partial charge in [-0.25, -0.2) is 4.39 Å². The number of carbonyl (C=O) groups excluding carboxylic acids is 1. The smallest absolute Gasteiger partial charge is 0.256 e. The fourth-order valence-electron chi connectivity index (χ4n) is 2.16. The van der Waals surface area contributed by atoms with Crippen LogP contribution in [0.4, 0.5) is 10.1 Å². The molecule has 0 aliphatic carbocycles. The van der Waals surface area contributed by atoms with Gasteiger partial charge in [0.1, 0.15) is 5.82 Å². The lowest BCUT2D eigenvalue weighted by Crippen LogP contribution is -2.33. The van der Waals surface area contributed by atoms with Crippen molar-refractivity contribution in [2.45, 2.75) is 40.0 Å². The van der Waals surface area contributed by atoms with Gasteiger partial charge in [0.25, 0.3) is 5.91 Å². The molecule has 1 amide bonds. The topological polar surface area (TPSA) is 32.3 Å². The second-order valence-corrected chi connectivity index (χ2v) is 4.88. The standard InChI is InChI=1S/C16H25FN2O/c1-4-10-18-15-13(8-7-9-14(15)17)16(20)19(11-5-2)12-6-3/h7-9,18H,4-6,10-12H2,1-3H3. The quantitative estimate of drug-likeness (QED) is 0.783. The maximum absolute atomic E-state index is 13.9. The number of nitrogens with one attached hydrogen (secondary N) is 1. The number of nitrogens with zero attached hydrogens (tertiary/aromatic N) is 1. The molecule has 0 unspecified atom stereocenters. The summed E-state index contributed by atoms with van der Waals surface area (Å²) < 4.78 is 13.9. The Kier molecular flexibility index (Phi) is 7.05. The van der Waals surface area contributed by atoms with E-state index in [0.717, 1.165) is 19.3 Å². The number of para-hydroxylation sites is 1. The molecule has 1 aromatic carbocycles. The summed E-state index contributed by atoms with van der Waals surface area (Å²) in [5.74, 6) is -0.455. The summed E-state index contributed by atoms with van der Waals surface area (Å²) in [5, 5.41) is 3.03. The second kappa shape index (κ2) is 8.56. The van der Waals surface area contributed by atoms with Crippen LogP contribution >= 0.6 is 0 Å². The minimum Gasteiger partial charge on any atom is -0.382 e. The van der Waals surface area contributed by atoms with Crippen LogP contribution in [0.5, 0.6) is 0 Å². The molecule has 4 heteroatoms. The van der Waals surface area contributed by atoms with E-state index in [9.17, 15) is 9.18 Å². The average Bonchev–Trinajstić information content (AvgIpc) is 2.45. The molecule has 0 bridgehead atoms. The van der Waals surface area contributed by atoms with Crippen LogP contribution in [0.25, 0.3) is 0 Å². The van der Waals surface area contributed by atoms with E-state index in [4.69, 9.17) is 0 Å². The molecule has 0 radical (unpaired) electrons. The van der Waals surface area contributed by atoms with Crippen molar-refractivity contribution >= 4 is 11.6 Å². The van der Waals surface area contributed by atoms with Crippen LogP contribution in [0.3, 0.4) is 0 Å². The van der Waals surface area contributed by atoms with Gasteiger partial charge in [-0.1, -0.05) is 26.8 Å². The van der Waals surface area contributed by atoms with E-state index in [2.05, 4.69) is 5.32 Å². The first kappa shape index (κ1) is 16.5. The number of hydrogen-bond acceptors (Lipinski definition) is 2. The molecule has 0 saturated carbocycles. The van der Waals surface area contributed by atoms with Crippen molar-refractivity contribution in [2.75, 3.05) is 25.0 Å². The lowest BCUT2D eigenvalue weighted by atomic mass is 10.1. The molecule has 1 rings (SSSR count). The molecule has 0 atom stereocenters. The molecule has 0 saturated heterocycles. The Morgan fingerprint density at radius 1 is 1.15 bits per heavy atom. The highest BCUT2D eigenvalue weighted by Gasteiger charge is 2.19. The maximum Gasteiger partial charge on any atom is 0.256 e. The molecule has 0 fully saturated rings. The first-order valence-corrected chi connectivity index (χ1v) is 7.47. The van der Waals surface area contributed by atoms with Gasteiger partial charge in [0, 0.05) is 19.6 Å². The van der Waals surface area contributed by atoms with Crippen molar-refractivity contribution in [3.05, 3.63) is 29.6 Å². The molecule has 3 nitrogen and oxygen atoms in total. The first-order valence-electron chi connectivity index (χ1n) is 7.47. The molecule has 1 N–H and O–H groups in total. The van der Waals surface area contributed by atoms with Crippen molar-refractivity contribution in [2.24, 2.45) is 0 Å². The monoisotopic (exact) mass is 280 g/mol. The Balaban J connectivity index is 3.03. The second-order valence-electron chi connectivity index (χ2n) is 4.88. The van der Waals surface area contributed by atoms with Crippen LogP contribution in [-0.4, -0.2) is 30.4 Å². The zero-order valence-corrected chi connectivity index (χ0v) is 12.7. The van der Waals surface area contributed by atoms with Gasteiger partial charge < -0.3 is 10.2 Å². The molecule has 0 heterocycles. The molecular weight excluding hydrogens is 255 g/mol. The van der Waals surface area contributed by atoms with Gasteiger partial charge in [-0.05, 0) is 31.4 Å². The molecule has 0 aliphatic heterocycles. The van der Waals surface area contributed by atoms with Crippen LogP contribution in [0.2, 0.25) is 0 Å². The number of anilines is 1. The molecule has 0 aliphatic rings. The normalized spacial score (nSPS) is 10.4. The van der Waals surface area contributed by atoms with E-state index in [-0.39, 0.29) is 11.7 Å². The van der Waals surface area contributed by atoms with Crippen molar-refractivity contribution < 1.29 is 9.18 Å². The summed E-state index contributed by atoms with van der Waals surface area (Å²) in [6.45, 7) is 8.15. The Morgan fingerprint density at radius 3 is 2.35 bits per heavy atom. The molecule has 112 valence electrons. The minimum absolute atomic E-state index is 0.0909. The zero-order chi connectivity index (χ0) is 15.0. The fourth-order valence-corrected chi connectivity index (χ4v) is 2.16. The van der Waals surface area contributed by atoms with Crippen molar-refractivity contribution in [3.8, 4) is 0 Å². The summed E-state index contributed by atoms with van der Waals surface area (Å²) in [4.78, 5) is 14.4. The van der Waals surface area contributed by atoms with Crippen LogP contribution < -0.4 is 5.32 Å². The molecule has 0 aromatic heterocycles. The van der Waals surface area contributed by atoms with Crippen LogP contribution in [0, 0.1) is 5.82 Å². The predicted octanol–water partition coefficient (Wildman–Crippen LogP) is 3.91. The van der Waals surface area contributed by atoms with E-state index in [0.29, 0.717) is 30.9 Å². The van der Waals surface area contributed by atoms with Crippen LogP contribution in [-0.2, 0) is 0 Å². The van der Waals surface area contributed by atoms with Crippen molar-refractivity contribution in [1.29, 1.82) is 0 Å². The lowest BCUT2D eigenvalue weighted by Gasteiger charge is -2.23. The highest BCUT2D eigenvalue weighted by atomic mass is 19.1. The van der Waals surface area contributed by atoms with Crippen molar-refractivity contribution in [1.82, 2.24) is 4.90 Å². The van der Waals surface area contributed by atoms with Gasteiger partial charge in [0.2, 0.25) is 0 Å². The lowest BCUT2D eigenvalue weighted by molar-refractivity contribution is 0.0756. The number of rotatable bonds is 8. The molecule has 1 aromatic rings. The number of halogens is 1. The van der Waals surface area contributed by atoms with Gasteiger partial charge in [0.15, 0.2) is 0 Å². The van der Waals surface area contributed by atoms with Gasteiger partial charge in [0.05, 0.1) is 11.3 Å². The Labute approximate surface area is 121 Å². The highest BCUT2D eigenvalue weighted by Crippen LogP contribution is 2.22. The summed E-state index contributed by atoms with van der Waals surface area (Å²) >= 11 is 0. The first-order chi connectivity index (χ1) is 9.65. The SMILES string of the molecule is CCCNc1c(F)cccc1C(=O)N(CCC)CCC. The number of carbonyl (C=O) groups is 1. The van der Waals surface area contributed by atoms with Gasteiger partial charge in [-0.2, -0.15) is 0 Å². The highest BCUT2D eigenvalue weighted by molar-refractivity contribution is 5.99. The number of benzene rings is 1. The Morgan fingerprint density at radius 2 is 1.80 bits per heavy atom. The van der Waals surface area contributed by atoms with E-state index in [1.807, 2.05) is 20.8 Å². The third-order valence-electron chi connectivity index (χ3n) is 3.07. The van der Waals surface area contributed by atoms with Crippen LogP contribution in [0.1, 0.15) is 50.4 Å². The van der Waals surface area contributed by atoms with E-state index in [1.54, 1.807) is 17.0 Å². The zero-order valence-electron chi connectivity index (χ0n) is 12.7. The van der Waals surface area contributed by atoms with Crippen LogP contribution in [0.15, 0.2) is 18.2 Å². The molecular formula is C16H25FN2O. The predicted molar refractivity (Wildman–Crippen MR) is 81.7 cm³/mol. The van der Waals surface area contributed by atoms with Crippen molar-refractivity contribution in [3.63, 3.8) is 0 Å². The van der Waals surface area contributed by atoms with E-state index >= 15 is 0 Å². The van der Waals surface area contributed by atoms with Gasteiger partial charge in [-0.15, -0.1) is 0 Å². The average molecular weight is 280 g/mol. The number of hydrogen-bond donors (Lipinski definition) is 1. The number of amides is 1. The van der Waals surface area contributed by atoms with E-state index in [1.165, 1.54) is 6.07 Å². The largest absolute Gasteiger partial charge is 0.382 e.